The molecule has 0 unspecified atom stereocenters. The zero-order chi connectivity index (χ0) is 12.5. The third kappa shape index (κ3) is 1.77. The van der Waals surface area contributed by atoms with Gasteiger partial charge in [0.25, 0.3) is 0 Å². The summed E-state index contributed by atoms with van der Waals surface area (Å²) >= 11 is 5.68. The number of halogens is 2. The van der Waals surface area contributed by atoms with Crippen molar-refractivity contribution >= 4 is 22.5 Å². The van der Waals surface area contributed by atoms with E-state index in [9.17, 15) is 4.39 Å². The molecule has 2 aromatic carbocycles. The molecule has 0 radical (unpaired) electrons. The van der Waals surface area contributed by atoms with Crippen molar-refractivity contribution in [2.75, 3.05) is 0 Å². The van der Waals surface area contributed by atoms with Crippen molar-refractivity contribution in [2.45, 2.75) is 5.88 Å². The summed E-state index contributed by atoms with van der Waals surface area (Å²) in [6.07, 6.45) is 1.73. The SMILES string of the molecule is Fc1cc(CCl)ccc1-n1ncc2ccccc21. The van der Waals surface area contributed by atoms with E-state index >= 15 is 0 Å². The largest absolute Gasteiger partial charge is 0.230 e. The van der Waals surface area contributed by atoms with Gasteiger partial charge in [-0.2, -0.15) is 5.10 Å². The van der Waals surface area contributed by atoms with Crippen molar-refractivity contribution in [1.82, 2.24) is 9.78 Å². The van der Waals surface area contributed by atoms with Crippen LogP contribution in [0.15, 0.2) is 48.7 Å². The standard InChI is InChI=1S/C14H10ClFN2/c15-8-10-5-6-14(12(16)7-10)18-13-4-2-1-3-11(13)9-17-18/h1-7,9H,8H2. The molecule has 0 saturated carbocycles. The first-order valence-corrected chi connectivity index (χ1v) is 6.10. The van der Waals surface area contributed by atoms with Gasteiger partial charge in [-0.1, -0.05) is 24.3 Å². The van der Waals surface area contributed by atoms with Gasteiger partial charge in [-0.25, -0.2) is 9.07 Å². The van der Waals surface area contributed by atoms with Crippen LogP contribution in [0.3, 0.4) is 0 Å². The molecular formula is C14H10ClFN2. The molecule has 0 amide bonds. The van der Waals surface area contributed by atoms with Crippen LogP contribution in [0.4, 0.5) is 4.39 Å². The van der Waals surface area contributed by atoms with Gasteiger partial charge in [-0.3, -0.25) is 0 Å². The summed E-state index contributed by atoms with van der Waals surface area (Å²) in [4.78, 5) is 0. The quantitative estimate of drug-likeness (QED) is 0.639. The van der Waals surface area contributed by atoms with Gasteiger partial charge in [0.05, 0.1) is 11.7 Å². The van der Waals surface area contributed by atoms with Crippen LogP contribution in [-0.2, 0) is 5.88 Å². The Balaban J connectivity index is 2.20. The molecule has 0 bridgehead atoms. The first-order chi connectivity index (χ1) is 8.79. The Bertz CT molecular complexity index is 706. The van der Waals surface area contributed by atoms with Crippen molar-refractivity contribution in [3.05, 3.63) is 60.0 Å². The van der Waals surface area contributed by atoms with E-state index in [-0.39, 0.29) is 5.82 Å². The van der Waals surface area contributed by atoms with E-state index in [1.807, 2.05) is 30.3 Å². The fraction of sp³-hybridized carbons (Fsp3) is 0.0714. The van der Waals surface area contributed by atoms with Gasteiger partial charge in [0.1, 0.15) is 11.5 Å². The number of benzene rings is 2. The van der Waals surface area contributed by atoms with Gasteiger partial charge >= 0.3 is 0 Å². The van der Waals surface area contributed by atoms with Gasteiger partial charge in [0.2, 0.25) is 0 Å². The average molecular weight is 261 g/mol. The Morgan fingerprint density at radius 1 is 1.17 bits per heavy atom. The maximum absolute atomic E-state index is 14.0. The number of fused-ring (bicyclic) bond motifs is 1. The van der Waals surface area contributed by atoms with Crippen molar-refractivity contribution < 1.29 is 4.39 Å². The monoisotopic (exact) mass is 260 g/mol. The zero-order valence-electron chi connectivity index (χ0n) is 9.48. The highest BCUT2D eigenvalue weighted by Gasteiger charge is 2.09. The van der Waals surface area contributed by atoms with Crippen LogP contribution in [0.1, 0.15) is 5.56 Å². The number of hydrogen-bond acceptors (Lipinski definition) is 1. The first kappa shape index (κ1) is 11.2. The molecule has 0 atom stereocenters. The second kappa shape index (κ2) is 4.42. The van der Waals surface area contributed by atoms with Crippen LogP contribution < -0.4 is 0 Å². The van der Waals surface area contributed by atoms with E-state index in [1.165, 1.54) is 6.07 Å². The number of rotatable bonds is 2. The minimum atomic E-state index is -0.318. The molecule has 0 aliphatic heterocycles. The summed E-state index contributed by atoms with van der Waals surface area (Å²) in [5.74, 6) is -0.0150. The Hall–Kier alpha value is -1.87. The molecule has 0 aliphatic carbocycles. The minimum Gasteiger partial charge on any atom is -0.230 e. The molecule has 1 heterocycles. The van der Waals surface area contributed by atoms with Gasteiger partial charge in [0, 0.05) is 11.3 Å². The fourth-order valence-corrected chi connectivity index (χ4v) is 2.14. The lowest BCUT2D eigenvalue weighted by Gasteiger charge is -2.06. The highest BCUT2D eigenvalue weighted by atomic mass is 35.5. The molecule has 4 heteroatoms. The predicted molar refractivity (Wildman–Crippen MR) is 70.6 cm³/mol. The topological polar surface area (TPSA) is 17.8 Å². The van der Waals surface area contributed by atoms with Crippen molar-refractivity contribution in [2.24, 2.45) is 0 Å². The number of alkyl halides is 1. The van der Waals surface area contributed by atoms with Gasteiger partial charge < -0.3 is 0 Å². The molecule has 2 nitrogen and oxygen atoms in total. The number of aromatic nitrogens is 2. The second-order valence-electron chi connectivity index (χ2n) is 4.03. The molecule has 3 rings (SSSR count). The molecule has 18 heavy (non-hydrogen) atoms. The summed E-state index contributed by atoms with van der Waals surface area (Å²) < 4.78 is 15.6. The summed E-state index contributed by atoms with van der Waals surface area (Å²) in [5, 5.41) is 5.21. The lowest BCUT2D eigenvalue weighted by atomic mass is 10.2. The first-order valence-electron chi connectivity index (χ1n) is 5.57. The van der Waals surface area contributed by atoms with Gasteiger partial charge in [-0.15, -0.1) is 11.6 Å². The third-order valence-corrected chi connectivity index (χ3v) is 3.18. The van der Waals surface area contributed by atoms with E-state index in [4.69, 9.17) is 11.6 Å². The molecule has 0 saturated heterocycles. The highest BCUT2D eigenvalue weighted by molar-refractivity contribution is 6.17. The van der Waals surface area contributed by atoms with Crippen LogP contribution >= 0.6 is 11.6 Å². The number of hydrogen-bond donors (Lipinski definition) is 0. The smallest absolute Gasteiger partial charge is 0.149 e. The molecule has 0 aliphatic rings. The summed E-state index contributed by atoms with van der Waals surface area (Å²) in [6.45, 7) is 0. The van der Waals surface area contributed by atoms with Crippen molar-refractivity contribution in [3.8, 4) is 5.69 Å². The van der Waals surface area contributed by atoms with E-state index in [2.05, 4.69) is 5.10 Å². The van der Waals surface area contributed by atoms with Crippen LogP contribution in [0, 0.1) is 5.82 Å². The number of nitrogens with zero attached hydrogens (tertiary/aromatic N) is 2. The average Bonchev–Trinajstić information content (AvgIpc) is 2.82. The van der Waals surface area contributed by atoms with Gasteiger partial charge in [0.15, 0.2) is 0 Å². The van der Waals surface area contributed by atoms with E-state index in [1.54, 1.807) is 16.9 Å². The van der Waals surface area contributed by atoms with E-state index < -0.39 is 0 Å². The Morgan fingerprint density at radius 2 is 2.00 bits per heavy atom. The maximum atomic E-state index is 14.0. The highest BCUT2D eigenvalue weighted by Crippen LogP contribution is 2.21. The molecular weight excluding hydrogens is 251 g/mol. The van der Waals surface area contributed by atoms with Crippen LogP contribution in [0.25, 0.3) is 16.6 Å². The minimum absolute atomic E-state index is 0.303. The van der Waals surface area contributed by atoms with E-state index in [0.29, 0.717) is 11.6 Å². The molecule has 0 N–H and O–H groups in total. The summed E-state index contributed by atoms with van der Waals surface area (Å²) in [6, 6.07) is 12.7. The van der Waals surface area contributed by atoms with Crippen LogP contribution in [0.5, 0.6) is 0 Å². The second-order valence-corrected chi connectivity index (χ2v) is 4.30. The fourth-order valence-electron chi connectivity index (χ4n) is 1.97. The third-order valence-electron chi connectivity index (χ3n) is 2.87. The lowest BCUT2D eigenvalue weighted by Crippen LogP contribution is -2.00. The van der Waals surface area contributed by atoms with Crippen molar-refractivity contribution in [1.29, 1.82) is 0 Å². The molecule has 1 aromatic heterocycles. The lowest BCUT2D eigenvalue weighted by molar-refractivity contribution is 0.612. The predicted octanol–water partition coefficient (Wildman–Crippen LogP) is 3.90. The number of para-hydroxylation sites is 1. The van der Waals surface area contributed by atoms with E-state index in [0.717, 1.165) is 16.5 Å². The molecule has 0 fully saturated rings. The Labute approximate surface area is 109 Å². The molecule has 0 spiro atoms. The molecule has 90 valence electrons. The maximum Gasteiger partial charge on any atom is 0.149 e. The Kier molecular flexibility index (Phi) is 2.76. The van der Waals surface area contributed by atoms with Crippen LogP contribution in [0.2, 0.25) is 0 Å². The van der Waals surface area contributed by atoms with Gasteiger partial charge in [-0.05, 0) is 23.8 Å². The van der Waals surface area contributed by atoms with Crippen LogP contribution in [-0.4, -0.2) is 9.78 Å². The Morgan fingerprint density at radius 3 is 2.78 bits per heavy atom. The molecule has 3 aromatic rings. The summed E-state index contributed by atoms with van der Waals surface area (Å²) in [5.41, 5.74) is 2.08. The normalized spacial score (nSPS) is 11.0. The van der Waals surface area contributed by atoms with Crippen molar-refractivity contribution in [3.63, 3.8) is 0 Å². The summed E-state index contributed by atoms with van der Waals surface area (Å²) in [7, 11) is 0. The zero-order valence-corrected chi connectivity index (χ0v) is 10.2.